The van der Waals surface area contributed by atoms with Gasteiger partial charge in [0.15, 0.2) is 5.65 Å². The topological polar surface area (TPSA) is 79.9 Å². The van der Waals surface area contributed by atoms with E-state index in [0.29, 0.717) is 29.3 Å². The van der Waals surface area contributed by atoms with Crippen LogP contribution in [0.1, 0.15) is 24.4 Å². The van der Waals surface area contributed by atoms with Gasteiger partial charge in [0.05, 0.1) is 24.6 Å². The lowest BCUT2D eigenvalue weighted by molar-refractivity contribution is 0.560. The summed E-state index contributed by atoms with van der Waals surface area (Å²) < 4.78 is 31.7. The number of aromatic nitrogens is 7. The van der Waals surface area contributed by atoms with Crippen LogP contribution in [-0.4, -0.2) is 41.1 Å². The van der Waals surface area contributed by atoms with Crippen LogP contribution in [0.5, 0.6) is 0 Å². The van der Waals surface area contributed by atoms with Gasteiger partial charge in [0, 0.05) is 41.8 Å². The minimum absolute atomic E-state index is 0.274. The van der Waals surface area contributed by atoms with E-state index in [2.05, 4.69) is 20.4 Å². The molecule has 8 nitrogen and oxygen atoms in total. The second kappa shape index (κ2) is 7.26. The van der Waals surface area contributed by atoms with Crippen molar-refractivity contribution < 1.29 is 8.78 Å². The molecule has 1 fully saturated rings. The van der Waals surface area contributed by atoms with Crippen LogP contribution >= 0.6 is 0 Å². The molecule has 1 N–H and O–H groups in total. The fourth-order valence-corrected chi connectivity index (χ4v) is 4.32. The monoisotopic (exact) mass is 432 g/mol. The van der Waals surface area contributed by atoms with Crippen LogP contribution in [0.2, 0.25) is 0 Å². The van der Waals surface area contributed by atoms with Crippen LogP contribution in [0.25, 0.3) is 22.5 Å². The Bertz CT molecular complexity index is 1400. The van der Waals surface area contributed by atoms with Crippen molar-refractivity contribution in [1.29, 1.82) is 0 Å². The number of halogens is 2. The minimum atomic E-state index is -0.443. The second-order valence-corrected chi connectivity index (χ2v) is 7.76. The third-order valence-corrected chi connectivity index (χ3v) is 5.86. The van der Waals surface area contributed by atoms with Gasteiger partial charge in [0.25, 0.3) is 0 Å². The Morgan fingerprint density at radius 1 is 1.03 bits per heavy atom. The quantitative estimate of drug-likeness (QED) is 0.466. The molecule has 0 aliphatic carbocycles. The molecule has 5 aromatic rings. The van der Waals surface area contributed by atoms with E-state index in [-0.39, 0.29) is 6.04 Å². The van der Waals surface area contributed by atoms with Crippen molar-refractivity contribution in [1.82, 2.24) is 34.6 Å². The standard InChI is InChI=1S/C22H18F2N8/c23-16-3-4-18(24)17(8-16)19-2-1-6-30(19)21-5-7-31-22(29-21)20(12-28-31)32-13-15(11-27-32)14-9-25-26-10-14/h3-5,7-13,19H,1-2,6H2,(H,25,26)/t19-/m1/s1. The number of aromatic amines is 1. The Labute approximate surface area is 181 Å². The van der Waals surface area contributed by atoms with Gasteiger partial charge in [-0.3, -0.25) is 5.10 Å². The summed E-state index contributed by atoms with van der Waals surface area (Å²) >= 11 is 0. The SMILES string of the molecule is Fc1ccc(F)c([C@H]2CCCN2c2ccn3ncc(-n4cc(-c5cn[nH]c5)cn4)c3n2)c1. The molecule has 5 heterocycles. The fourth-order valence-electron chi connectivity index (χ4n) is 4.32. The van der Waals surface area contributed by atoms with Crippen molar-refractivity contribution in [3.8, 4) is 16.8 Å². The Hall–Kier alpha value is -4.08. The first-order valence-electron chi connectivity index (χ1n) is 10.3. The lowest BCUT2D eigenvalue weighted by Crippen LogP contribution is -2.24. The number of H-pyrrole nitrogens is 1. The molecule has 4 aromatic heterocycles. The van der Waals surface area contributed by atoms with Crippen LogP contribution in [0.4, 0.5) is 14.6 Å². The minimum Gasteiger partial charge on any atom is -0.349 e. The van der Waals surface area contributed by atoms with Gasteiger partial charge in [-0.1, -0.05) is 0 Å². The summed E-state index contributed by atoms with van der Waals surface area (Å²) in [6, 6.07) is 5.18. The molecule has 0 saturated carbocycles. The van der Waals surface area contributed by atoms with Gasteiger partial charge in [-0.05, 0) is 37.1 Å². The zero-order valence-corrected chi connectivity index (χ0v) is 16.9. The summed E-state index contributed by atoms with van der Waals surface area (Å²) in [6.07, 6.45) is 12.3. The highest BCUT2D eigenvalue weighted by Gasteiger charge is 2.30. The van der Waals surface area contributed by atoms with E-state index >= 15 is 0 Å². The summed E-state index contributed by atoms with van der Waals surface area (Å²) in [7, 11) is 0. The zero-order valence-electron chi connectivity index (χ0n) is 16.9. The van der Waals surface area contributed by atoms with Gasteiger partial charge in [0.2, 0.25) is 0 Å². The number of hydrogen-bond acceptors (Lipinski definition) is 5. The van der Waals surface area contributed by atoms with Crippen molar-refractivity contribution in [3.05, 3.63) is 78.6 Å². The maximum atomic E-state index is 14.5. The normalized spacial score (nSPS) is 16.3. The number of nitrogens with zero attached hydrogens (tertiary/aromatic N) is 7. The molecular weight excluding hydrogens is 414 g/mol. The molecule has 1 atom stereocenters. The summed E-state index contributed by atoms with van der Waals surface area (Å²) in [6.45, 7) is 0.708. The van der Waals surface area contributed by atoms with Crippen LogP contribution < -0.4 is 4.90 Å². The first kappa shape index (κ1) is 18.7. The maximum Gasteiger partial charge on any atom is 0.183 e. The van der Waals surface area contributed by atoms with Crippen molar-refractivity contribution >= 4 is 11.5 Å². The Morgan fingerprint density at radius 3 is 2.84 bits per heavy atom. The molecule has 0 spiro atoms. The Kier molecular flexibility index (Phi) is 4.23. The predicted molar refractivity (Wildman–Crippen MR) is 113 cm³/mol. The van der Waals surface area contributed by atoms with E-state index in [1.54, 1.807) is 34.0 Å². The van der Waals surface area contributed by atoms with Gasteiger partial charge in [-0.15, -0.1) is 0 Å². The maximum absolute atomic E-state index is 14.5. The molecule has 1 saturated heterocycles. The summed E-state index contributed by atoms with van der Waals surface area (Å²) in [5, 5.41) is 15.6. The molecule has 32 heavy (non-hydrogen) atoms. The van der Waals surface area contributed by atoms with Crippen LogP contribution in [0, 0.1) is 11.6 Å². The number of benzene rings is 1. The third kappa shape index (κ3) is 3.03. The average Bonchev–Trinajstić information content (AvgIpc) is 3.60. The number of nitrogens with one attached hydrogen (secondary N) is 1. The van der Waals surface area contributed by atoms with Gasteiger partial charge >= 0.3 is 0 Å². The molecule has 6 rings (SSSR count). The third-order valence-electron chi connectivity index (χ3n) is 5.86. The molecule has 1 aromatic carbocycles. The molecule has 0 bridgehead atoms. The zero-order chi connectivity index (χ0) is 21.7. The first-order valence-corrected chi connectivity index (χ1v) is 10.3. The van der Waals surface area contributed by atoms with Crippen molar-refractivity contribution in [3.63, 3.8) is 0 Å². The van der Waals surface area contributed by atoms with E-state index in [1.165, 1.54) is 12.1 Å². The smallest absolute Gasteiger partial charge is 0.183 e. The van der Waals surface area contributed by atoms with Crippen LogP contribution in [-0.2, 0) is 0 Å². The van der Waals surface area contributed by atoms with E-state index < -0.39 is 11.6 Å². The van der Waals surface area contributed by atoms with Crippen molar-refractivity contribution in [2.24, 2.45) is 0 Å². The molecule has 160 valence electrons. The molecule has 0 radical (unpaired) electrons. The van der Waals surface area contributed by atoms with Gasteiger partial charge in [0.1, 0.15) is 23.1 Å². The lowest BCUT2D eigenvalue weighted by Gasteiger charge is -2.26. The summed E-state index contributed by atoms with van der Waals surface area (Å²) in [5.74, 6) is -0.160. The molecule has 0 unspecified atom stereocenters. The number of fused-ring (bicyclic) bond motifs is 1. The lowest BCUT2D eigenvalue weighted by atomic mass is 10.0. The van der Waals surface area contributed by atoms with Gasteiger partial charge in [-0.25, -0.2) is 23.0 Å². The largest absolute Gasteiger partial charge is 0.349 e. The highest BCUT2D eigenvalue weighted by molar-refractivity contribution is 5.64. The molecule has 10 heteroatoms. The Balaban J connectivity index is 1.39. The van der Waals surface area contributed by atoms with Crippen LogP contribution in [0.3, 0.4) is 0 Å². The van der Waals surface area contributed by atoms with Gasteiger partial charge < -0.3 is 4.90 Å². The van der Waals surface area contributed by atoms with Crippen LogP contribution in [0.15, 0.2) is 61.4 Å². The second-order valence-electron chi connectivity index (χ2n) is 7.76. The van der Waals surface area contributed by atoms with E-state index in [1.807, 2.05) is 23.4 Å². The van der Waals surface area contributed by atoms with E-state index in [4.69, 9.17) is 4.98 Å². The number of hydrogen-bond donors (Lipinski definition) is 1. The summed E-state index contributed by atoms with van der Waals surface area (Å²) in [4.78, 5) is 6.85. The molecule has 0 amide bonds. The number of rotatable bonds is 4. The van der Waals surface area contributed by atoms with Gasteiger partial charge in [-0.2, -0.15) is 15.3 Å². The molecule has 1 aliphatic heterocycles. The van der Waals surface area contributed by atoms with E-state index in [0.717, 1.165) is 30.0 Å². The number of anilines is 1. The Morgan fingerprint density at radius 2 is 1.97 bits per heavy atom. The highest BCUT2D eigenvalue weighted by Crippen LogP contribution is 2.37. The first-order chi connectivity index (χ1) is 15.7. The van der Waals surface area contributed by atoms with E-state index in [9.17, 15) is 8.78 Å². The average molecular weight is 432 g/mol. The van der Waals surface area contributed by atoms with Crippen molar-refractivity contribution in [2.45, 2.75) is 18.9 Å². The molecule has 1 aliphatic rings. The highest BCUT2D eigenvalue weighted by atomic mass is 19.1. The fraction of sp³-hybridized carbons (Fsp3) is 0.182. The summed E-state index contributed by atoms with van der Waals surface area (Å²) in [5.41, 5.74) is 3.53. The van der Waals surface area contributed by atoms with Crippen molar-refractivity contribution in [2.75, 3.05) is 11.4 Å². The predicted octanol–water partition coefficient (Wildman–Crippen LogP) is 3.92. The molecular formula is C22H18F2N8.